The molecule has 7 heteroatoms. The number of likely N-dealkylation sites (N-methyl/N-ethyl adjacent to an activating group) is 1. The molecule has 0 aliphatic carbocycles. The van der Waals surface area contributed by atoms with E-state index in [1.807, 2.05) is 6.07 Å². The zero-order chi connectivity index (χ0) is 18.7. The first-order valence-corrected chi connectivity index (χ1v) is 8.67. The summed E-state index contributed by atoms with van der Waals surface area (Å²) in [5.41, 5.74) is 1.37. The predicted molar refractivity (Wildman–Crippen MR) is 103 cm³/mol. The van der Waals surface area contributed by atoms with E-state index in [0.717, 1.165) is 5.56 Å². The summed E-state index contributed by atoms with van der Waals surface area (Å²) in [6.07, 6.45) is 2.32. The quantitative estimate of drug-likeness (QED) is 0.815. The molecule has 0 aromatic heterocycles. The largest absolute Gasteiger partial charge is 0.477 e. The van der Waals surface area contributed by atoms with Gasteiger partial charge in [-0.1, -0.05) is 41.4 Å². The Balaban J connectivity index is 1.86. The number of carbonyl (C=O) groups is 2. The molecule has 1 N–H and O–H groups in total. The summed E-state index contributed by atoms with van der Waals surface area (Å²) in [5.74, 6) is -0.0601. The van der Waals surface area contributed by atoms with Gasteiger partial charge in [0.15, 0.2) is 6.10 Å². The highest BCUT2D eigenvalue weighted by molar-refractivity contribution is 6.42. The molecule has 26 heavy (non-hydrogen) atoms. The van der Waals surface area contributed by atoms with Gasteiger partial charge in [0.25, 0.3) is 11.8 Å². The van der Waals surface area contributed by atoms with Gasteiger partial charge in [0.05, 0.1) is 22.3 Å². The molecule has 0 saturated carbocycles. The minimum absolute atomic E-state index is 0.126. The number of rotatable bonds is 3. The van der Waals surface area contributed by atoms with Gasteiger partial charge < -0.3 is 15.0 Å². The van der Waals surface area contributed by atoms with Crippen LogP contribution in [0, 0.1) is 0 Å². The van der Waals surface area contributed by atoms with E-state index in [2.05, 4.69) is 5.32 Å². The van der Waals surface area contributed by atoms with Gasteiger partial charge in [-0.3, -0.25) is 9.59 Å². The summed E-state index contributed by atoms with van der Waals surface area (Å²) in [6.45, 7) is 0.126. The molecule has 2 aromatic rings. The molecule has 0 unspecified atom stereocenters. The van der Waals surface area contributed by atoms with Crippen LogP contribution in [0.5, 0.6) is 5.75 Å². The Kier molecular flexibility index (Phi) is 5.49. The molecule has 0 saturated heterocycles. The van der Waals surface area contributed by atoms with Crippen LogP contribution in [-0.4, -0.2) is 31.5 Å². The first-order valence-electron chi connectivity index (χ1n) is 7.91. The Morgan fingerprint density at radius 1 is 1.19 bits per heavy atom. The van der Waals surface area contributed by atoms with Gasteiger partial charge >= 0.3 is 0 Å². The first-order chi connectivity index (χ1) is 12.5. The standard InChI is InChI=1S/C19H16Cl2N2O3/c1-22-19(25)17-11-23(15-4-2-3-5-16(15)26-17)18(24)9-7-12-6-8-13(20)14(21)10-12/h2-10,17H,11H2,1H3,(H,22,25)/b9-7+/t17-/m1/s1. The maximum absolute atomic E-state index is 12.7. The number of hydrogen-bond acceptors (Lipinski definition) is 3. The van der Waals surface area contributed by atoms with Crippen LogP contribution < -0.4 is 15.0 Å². The highest BCUT2D eigenvalue weighted by Gasteiger charge is 2.32. The zero-order valence-corrected chi connectivity index (χ0v) is 15.4. The second kappa shape index (κ2) is 7.81. The number of amides is 2. The van der Waals surface area contributed by atoms with Gasteiger partial charge in [0.1, 0.15) is 5.75 Å². The van der Waals surface area contributed by atoms with E-state index in [1.165, 1.54) is 18.0 Å². The summed E-state index contributed by atoms with van der Waals surface area (Å²) in [7, 11) is 1.53. The number of nitrogens with one attached hydrogen (secondary N) is 1. The lowest BCUT2D eigenvalue weighted by molar-refractivity contribution is -0.127. The van der Waals surface area contributed by atoms with Gasteiger partial charge in [-0.2, -0.15) is 0 Å². The van der Waals surface area contributed by atoms with Crippen LogP contribution in [0.15, 0.2) is 48.5 Å². The summed E-state index contributed by atoms with van der Waals surface area (Å²) < 4.78 is 5.69. The third-order valence-corrected chi connectivity index (χ3v) is 4.68. The van der Waals surface area contributed by atoms with E-state index >= 15 is 0 Å². The third kappa shape index (κ3) is 3.84. The maximum Gasteiger partial charge on any atom is 0.262 e. The molecule has 3 rings (SSSR count). The van der Waals surface area contributed by atoms with E-state index in [4.69, 9.17) is 27.9 Å². The highest BCUT2D eigenvalue weighted by atomic mass is 35.5. The van der Waals surface area contributed by atoms with Crippen LogP contribution in [0.1, 0.15) is 5.56 Å². The molecule has 0 radical (unpaired) electrons. The van der Waals surface area contributed by atoms with Gasteiger partial charge in [0, 0.05) is 13.1 Å². The smallest absolute Gasteiger partial charge is 0.262 e. The van der Waals surface area contributed by atoms with Crippen LogP contribution >= 0.6 is 23.2 Å². The first kappa shape index (κ1) is 18.3. The number of ether oxygens (including phenoxy) is 1. The van der Waals surface area contributed by atoms with E-state index < -0.39 is 6.10 Å². The maximum atomic E-state index is 12.7. The number of hydrogen-bond donors (Lipinski definition) is 1. The van der Waals surface area contributed by atoms with Gasteiger partial charge in [-0.15, -0.1) is 0 Å². The van der Waals surface area contributed by atoms with Crippen molar-refractivity contribution in [3.63, 3.8) is 0 Å². The Labute approximate surface area is 161 Å². The van der Waals surface area contributed by atoms with Crippen molar-refractivity contribution in [1.29, 1.82) is 0 Å². The molecule has 1 aliphatic rings. The molecule has 0 bridgehead atoms. The van der Waals surface area contributed by atoms with E-state index in [-0.39, 0.29) is 18.4 Å². The molecule has 1 heterocycles. The Morgan fingerprint density at radius 3 is 2.69 bits per heavy atom. The SMILES string of the molecule is CNC(=O)[C@H]1CN(C(=O)/C=C/c2ccc(Cl)c(Cl)c2)c2ccccc2O1. The Morgan fingerprint density at radius 2 is 1.96 bits per heavy atom. The van der Waals surface area contributed by atoms with E-state index in [9.17, 15) is 9.59 Å². The molecule has 134 valence electrons. The zero-order valence-electron chi connectivity index (χ0n) is 13.9. The predicted octanol–water partition coefficient (Wildman–Crippen LogP) is 3.55. The monoisotopic (exact) mass is 390 g/mol. The van der Waals surface area contributed by atoms with Gasteiger partial charge in [0.2, 0.25) is 0 Å². The fraction of sp³-hybridized carbons (Fsp3) is 0.158. The van der Waals surface area contributed by atoms with Crippen molar-refractivity contribution in [2.24, 2.45) is 0 Å². The minimum Gasteiger partial charge on any atom is -0.477 e. The second-order valence-corrected chi connectivity index (χ2v) is 6.46. The van der Waals surface area contributed by atoms with Gasteiger partial charge in [-0.25, -0.2) is 0 Å². The summed E-state index contributed by atoms with van der Waals surface area (Å²) >= 11 is 11.9. The average Bonchev–Trinajstić information content (AvgIpc) is 2.67. The second-order valence-electron chi connectivity index (χ2n) is 5.64. The number of nitrogens with zero attached hydrogens (tertiary/aromatic N) is 1. The highest BCUT2D eigenvalue weighted by Crippen LogP contribution is 2.33. The fourth-order valence-electron chi connectivity index (χ4n) is 2.61. The Hall–Kier alpha value is -2.50. The lowest BCUT2D eigenvalue weighted by Crippen LogP contribution is -2.49. The van der Waals surface area contributed by atoms with Crippen molar-refractivity contribution in [2.75, 3.05) is 18.5 Å². The summed E-state index contributed by atoms with van der Waals surface area (Å²) in [5, 5.41) is 3.41. The number of carbonyl (C=O) groups excluding carboxylic acids is 2. The van der Waals surface area contributed by atoms with E-state index in [1.54, 1.807) is 42.5 Å². The molecular formula is C19H16Cl2N2O3. The van der Waals surface area contributed by atoms with Crippen LogP contribution in [0.3, 0.4) is 0 Å². The lowest BCUT2D eigenvalue weighted by Gasteiger charge is -2.33. The molecule has 2 aromatic carbocycles. The van der Waals surface area contributed by atoms with Crippen molar-refractivity contribution in [2.45, 2.75) is 6.10 Å². The minimum atomic E-state index is -0.766. The number of halogens is 2. The molecule has 5 nitrogen and oxygen atoms in total. The topological polar surface area (TPSA) is 58.6 Å². The van der Waals surface area contributed by atoms with Crippen molar-refractivity contribution in [1.82, 2.24) is 5.32 Å². The van der Waals surface area contributed by atoms with Crippen LogP contribution in [0.4, 0.5) is 5.69 Å². The van der Waals surface area contributed by atoms with Crippen LogP contribution in [0.2, 0.25) is 10.0 Å². The third-order valence-electron chi connectivity index (χ3n) is 3.94. The number of para-hydroxylation sites is 2. The lowest BCUT2D eigenvalue weighted by atomic mass is 10.1. The van der Waals surface area contributed by atoms with E-state index in [0.29, 0.717) is 21.5 Å². The van der Waals surface area contributed by atoms with Crippen LogP contribution in [0.25, 0.3) is 6.08 Å². The van der Waals surface area contributed by atoms with Crippen molar-refractivity contribution >= 4 is 46.8 Å². The fourth-order valence-corrected chi connectivity index (χ4v) is 2.92. The average molecular weight is 391 g/mol. The normalized spacial score (nSPS) is 16.1. The molecule has 1 aliphatic heterocycles. The van der Waals surface area contributed by atoms with Gasteiger partial charge in [-0.05, 0) is 35.9 Å². The summed E-state index contributed by atoms with van der Waals surface area (Å²) in [4.78, 5) is 26.2. The molecule has 0 fully saturated rings. The number of benzene rings is 2. The molecule has 0 spiro atoms. The number of fused-ring (bicyclic) bond motifs is 1. The van der Waals surface area contributed by atoms with Crippen molar-refractivity contribution in [3.05, 3.63) is 64.1 Å². The molecule has 2 amide bonds. The van der Waals surface area contributed by atoms with Crippen molar-refractivity contribution < 1.29 is 14.3 Å². The van der Waals surface area contributed by atoms with Crippen molar-refractivity contribution in [3.8, 4) is 5.75 Å². The number of anilines is 1. The van der Waals surface area contributed by atoms with Crippen LogP contribution in [-0.2, 0) is 9.59 Å². The molecule has 1 atom stereocenters. The summed E-state index contributed by atoms with van der Waals surface area (Å²) in [6, 6.07) is 12.2. The molecular weight excluding hydrogens is 375 g/mol. The Bertz CT molecular complexity index is 883.